The van der Waals surface area contributed by atoms with Crippen molar-refractivity contribution in [1.82, 2.24) is 4.98 Å². The molecule has 0 unspecified atom stereocenters. The standard InChI is InChI=1S/C17H16ClNO/c1-14-12-17(9-8-15(14)6-2-4-10-18)20-13-16-7-3-5-11-19-16/h3,5,7-9,11-12H,4,10,13H2,1H3. The molecule has 1 aromatic heterocycles. The number of hydrogen-bond donors (Lipinski definition) is 0. The fourth-order valence-electron chi connectivity index (χ4n) is 1.71. The minimum atomic E-state index is 0.470. The van der Waals surface area contributed by atoms with Crippen LogP contribution in [0.5, 0.6) is 5.75 Å². The molecular weight excluding hydrogens is 270 g/mol. The Balaban J connectivity index is 2.01. The Morgan fingerprint density at radius 1 is 1.25 bits per heavy atom. The summed E-state index contributed by atoms with van der Waals surface area (Å²) in [6.07, 6.45) is 2.47. The Labute approximate surface area is 124 Å². The summed E-state index contributed by atoms with van der Waals surface area (Å²) in [5.41, 5.74) is 3.03. The molecule has 0 aliphatic carbocycles. The quantitative estimate of drug-likeness (QED) is 0.627. The average Bonchev–Trinajstić information content (AvgIpc) is 2.48. The second-order valence-electron chi connectivity index (χ2n) is 4.33. The maximum absolute atomic E-state index is 5.72. The molecule has 3 heteroatoms. The zero-order chi connectivity index (χ0) is 14.2. The van der Waals surface area contributed by atoms with Crippen molar-refractivity contribution in [3.63, 3.8) is 0 Å². The number of benzene rings is 1. The van der Waals surface area contributed by atoms with Gasteiger partial charge in [0.1, 0.15) is 12.4 Å². The third-order valence-corrected chi connectivity index (χ3v) is 2.94. The highest BCUT2D eigenvalue weighted by Crippen LogP contribution is 2.17. The van der Waals surface area contributed by atoms with E-state index in [1.165, 1.54) is 0 Å². The highest BCUT2D eigenvalue weighted by Gasteiger charge is 2.00. The van der Waals surface area contributed by atoms with E-state index in [-0.39, 0.29) is 0 Å². The molecule has 1 aromatic carbocycles. The van der Waals surface area contributed by atoms with Crippen LogP contribution in [0.2, 0.25) is 0 Å². The Kier molecular flexibility index (Phi) is 5.46. The number of aromatic nitrogens is 1. The smallest absolute Gasteiger partial charge is 0.130 e. The number of halogens is 1. The van der Waals surface area contributed by atoms with E-state index in [1.54, 1.807) is 6.20 Å². The largest absolute Gasteiger partial charge is 0.487 e. The van der Waals surface area contributed by atoms with Gasteiger partial charge in [-0.25, -0.2) is 0 Å². The van der Waals surface area contributed by atoms with Crippen LogP contribution in [0.3, 0.4) is 0 Å². The van der Waals surface area contributed by atoms with E-state index >= 15 is 0 Å². The van der Waals surface area contributed by atoms with Crippen molar-refractivity contribution in [3.8, 4) is 17.6 Å². The molecule has 102 valence electrons. The lowest BCUT2D eigenvalue weighted by molar-refractivity contribution is 0.301. The first kappa shape index (κ1) is 14.4. The lowest BCUT2D eigenvalue weighted by Gasteiger charge is -2.07. The van der Waals surface area contributed by atoms with Gasteiger partial charge in [0.15, 0.2) is 0 Å². The molecule has 0 aliphatic heterocycles. The lowest BCUT2D eigenvalue weighted by atomic mass is 10.1. The minimum absolute atomic E-state index is 0.470. The molecule has 0 saturated heterocycles. The Bertz CT molecular complexity index is 614. The second-order valence-corrected chi connectivity index (χ2v) is 4.71. The van der Waals surface area contributed by atoms with Gasteiger partial charge in [0.25, 0.3) is 0 Å². The van der Waals surface area contributed by atoms with Crippen molar-refractivity contribution in [1.29, 1.82) is 0 Å². The predicted octanol–water partition coefficient (Wildman–Crippen LogP) is 3.95. The number of ether oxygens (including phenoxy) is 1. The van der Waals surface area contributed by atoms with Crippen molar-refractivity contribution in [2.45, 2.75) is 20.0 Å². The average molecular weight is 286 g/mol. The normalized spacial score (nSPS) is 9.70. The molecule has 0 spiro atoms. The minimum Gasteiger partial charge on any atom is -0.487 e. The summed E-state index contributed by atoms with van der Waals surface area (Å²) in [5.74, 6) is 7.55. The molecule has 0 fully saturated rings. The summed E-state index contributed by atoms with van der Waals surface area (Å²) >= 11 is 5.60. The molecule has 0 atom stereocenters. The van der Waals surface area contributed by atoms with Gasteiger partial charge < -0.3 is 4.74 Å². The van der Waals surface area contributed by atoms with Crippen LogP contribution >= 0.6 is 11.6 Å². The fraction of sp³-hybridized carbons (Fsp3) is 0.235. The van der Waals surface area contributed by atoms with Gasteiger partial charge in [0, 0.05) is 24.1 Å². The highest BCUT2D eigenvalue weighted by molar-refractivity contribution is 6.18. The number of nitrogens with zero attached hydrogens (tertiary/aromatic N) is 1. The third kappa shape index (κ3) is 4.29. The summed E-state index contributed by atoms with van der Waals surface area (Å²) < 4.78 is 5.72. The predicted molar refractivity (Wildman–Crippen MR) is 82.0 cm³/mol. The number of pyridine rings is 1. The Morgan fingerprint density at radius 2 is 2.15 bits per heavy atom. The second kappa shape index (κ2) is 7.57. The van der Waals surface area contributed by atoms with Crippen LogP contribution in [-0.4, -0.2) is 10.9 Å². The summed E-state index contributed by atoms with van der Waals surface area (Å²) in [6, 6.07) is 11.7. The van der Waals surface area contributed by atoms with Crippen molar-refractivity contribution >= 4 is 11.6 Å². The van der Waals surface area contributed by atoms with E-state index in [0.29, 0.717) is 18.9 Å². The van der Waals surface area contributed by atoms with Crippen LogP contribution in [0.25, 0.3) is 0 Å². The van der Waals surface area contributed by atoms with Crippen LogP contribution in [-0.2, 0) is 6.61 Å². The van der Waals surface area contributed by atoms with E-state index in [0.717, 1.165) is 22.6 Å². The van der Waals surface area contributed by atoms with Crippen molar-refractivity contribution in [2.75, 3.05) is 5.88 Å². The van der Waals surface area contributed by atoms with Gasteiger partial charge in [0.05, 0.1) is 5.69 Å². The Hall–Kier alpha value is -1.98. The van der Waals surface area contributed by atoms with E-state index in [4.69, 9.17) is 16.3 Å². The van der Waals surface area contributed by atoms with Gasteiger partial charge in [-0.05, 0) is 42.8 Å². The van der Waals surface area contributed by atoms with E-state index < -0.39 is 0 Å². The summed E-state index contributed by atoms with van der Waals surface area (Å²) in [5, 5.41) is 0. The summed E-state index contributed by atoms with van der Waals surface area (Å²) in [7, 11) is 0. The topological polar surface area (TPSA) is 22.1 Å². The number of alkyl halides is 1. The first-order valence-electron chi connectivity index (χ1n) is 6.48. The summed E-state index contributed by atoms with van der Waals surface area (Å²) in [4.78, 5) is 4.22. The maximum Gasteiger partial charge on any atom is 0.130 e. The van der Waals surface area contributed by atoms with Gasteiger partial charge >= 0.3 is 0 Å². The van der Waals surface area contributed by atoms with Gasteiger partial charge in [0.2, 0.25) is 0 Å². The molecule has 0 amide bonds. The van der Waals surface area contributed by atoms with E-state index in [9.17, 15) is 0 Å². The molecule has 0 saturated carbocycles. The van der Waals surface area contributed by atoms with Crippen LogP contribution in [0.15, 0.2) is 42.6 Å². The monoisotopic (exact) mass is 285 g/mol. The maximum atomic E-state index is 5.72. The SMILES string of the molecule is Cc1cc(OCc2ccccn2)ccc1C#CCCCl. The molecular formula is C17H16ClNO. The number of aryl methyl sites for hydroxylation is 1. The number of rotatable bonds is 4. The molecule has 2 aromatic rings. The lowest BCUT2D eigenvalue weighted by Crippen LogP contribution is -1.98. The summed E-state index contributed by atoms with van der Waals surface area (Å²) in [6.45, 7) is 2.50. The van der Waals surface area contributed by atoms with Crippen LogP contribution in [0.1, 0.15) is 23.2 Å². The fourth-order valence-corrected chi connectivity index (χ4v) is 1.81. The van der Waals surface area contributed by atoms with Gasteiger partial charge in [-0.3, -0.25) is 4.98 Å². The first-order chi connectivity index (χ1) is 9.79. The first-order valence-corrected chi connectivity index (χ1v) is 7.01. The molecule has 0 N–H and O–H groups in total. The van der Waals surface area contributed by atoms with Crippen molar-refractivity contribution in [3.05, 3.63) is 59.4 Å². The molecule has 0 bridgehead atoms. The molecule has 20 heavy (non-hydrogen) atoms. The number of hydrogen-bond acceptors (Lipinski definition) is 2. The van der Waals surface area contributed by atoms with Gasteiger partial charge in [-0.15, -0.1) is 11.6 Å². The van der Waals surface area contributed by atoms with E-state index in [1.807, 2.05) is 43.3 Å². The molecule has 0 radical (unpaired) electrons. The zero-order valence-electron chi connectivity index (χ0n) is 11.4. The van der Waals surface area contributed by atoms with Crippen molar-refractivity contribution in [2.24, 2.45) is 0 Å². The molecule has 2 rings (SSSR count). The van der Waals surface area contributed by atoms with Crippen LogP contribution < -0.4 is 4.74 Å². The zero-order valence-corrected chi connectivity index (χ0v) is 12.2. The van der Waals surface area contributed by atoms with Gasteiger partial charge in [-0.2, -0.15) is 0 Å². The third-order valence-electron chi connectivity index (χ3n) is 2.75. The molecule has 0 aliphatic rings. The Morgan fingerprint density at radius 3 is 2.85 bits per heavy atom. The van der Waals surface area contributed by atoms with E-state index in [2.05, 4.69) is 16.8 Å². The highest BCUT2D eigenvalue weighted by atomic mass is 35.5. The van der Waals surface area contributed by atoms with Crippen LogP contribution in [0.4, 0.5) is 0 Å². The van der Waals surface area contributed by atoms with Crippen LogP contribution in [0, 0.1) is 18.8 Å². The van der Waals surface area contributed by atoms with Crippen molar-refractivity contribution < 1.29 is 4.74 Å². The van der Waals surface area contributed by atoms with Gasteiger partial charge in [-0.1, -0.05) is 17.9 Å². The molecule has 1 heterocycles. The molecule has 2 nitrogen and oxygen atoms in total.